The fraction of sp³-hybridized carbons (Fsp3) is 0.714. The molecule has 4 aliphatic rings. The maximum absolute atomic E-state index is 14.1. The number of aliphatic hydroxyl groups excluding tert-OH is 2. The van der Waals surface area contributed by atoms with Crippen LogP contribution < -0.4 is 5.63 Å². The van der Waals surface area contributed by atoms with E-state index in [9.17, 15) is 34.5 Å². The van der Waals surface area contributed by atoms with E-state index >= 15 is 0 Å². The number of rotatable bonds is 3. The summed E-state index contributed by atoms with van der Waals surface area (Å²) in [6, 6.07) is 2.89. The van der Waals surface area contributed by atoms with E-state index in [0.717, 1.165) is 0 Å². The van der Waals surface area contributed by atoms with Crippen LogP contribution in [0.4, 0.5) is 0 Å². The van der Waals surface area contributed by atoms with E-state index in [1.165, 1.54) is 26.2 Å². The summed E-state index contributed by atoms with van der Waals surface area (Å²) in [4.78, 5) is 49.5. The second-order valence-electron chi connectivity index (χ2n) is 12.2. The van der Waals surface area contributed by atoms with Gasteiger partial charge in [-0.2, -0.15) is 0 Å². The standard InChI is InChI=1S/C28H36O10/c1-13(29)37-19-11-26(3)18(24(22(19)32)38-14(2)30)7-6-17-21(26)23(33)25(34)27(4)16(9-10-28(17,27)35)15-5-8-20(31)36-12-15/h5,8,12,16-19,21-24,32-33,35H,6-7,9-11H2,1-4H3. The summed E-state index contributed by atoms with van der Waals surface area (Å²) in [5.41, 5.74) is -3.57. The van der Waals surface area contributed by atoms with Crippen molar-refractivity contribution < 1.29 is 43.6 Å². The molecule has 1 aromatic rings. The van der Waals surface area contributed by atoms with E-state index in [0.29, 0.717) is 31.2 Å². The average Bonchev–Trinajstić information content (AvgIpc) is 3.12. The van der Waals surface area contributed by atoms with Crippen molar-refractivity contribution in [2.45, 2.75) is 95.7 Å². The minimum absolute atomic E-state index is 0.141. The summed E-state index contributed by atoms with van der Waals surface area (Å²) in [5.74, 6) is -3.77. The van der Waals surface area contributed by atoms with Gasteiger partial charge in [-0.3, -0.25) is 14.4 Å². The first-order chi connectivity index (χ1) is 17.8. The number of esters is 2. The van der Waals surface area contributed by atoms with Crippen molar-refractivity contribution in [1.29, 1.82) is 0 Å². The fourth-order valence-electron chi connectivity index (χ4n) is 8.90. The molecule has 4 fully saturated rings. The smallest absolute Gasteiger partial charge is 0.335 e. The summed E-state index contributed by atoms with van der Waals surface area (Å²) in [5, 5.41) is 35.1. The van der Waals surface area contributed by atoms with Crippen LogP contribution in [0.5, 0.6) is 0 Å². The van der Waals surface area contributed by atoms with E-state index in [4.69, 9.17) is 13.9 Å². The molecule has 11 atom stereocenters. The average molecular weight is 533 g/mol. The quantitative estimate of drug-likeness (QED) is 0.486. The first-order valence-corrected chi connectivity index (χ1v) is 13.3. The predicted molar refractivity (Wildman–Crippen MR) is 131 cm³/mol. The maximum atomic E-state index is 14.1. The Balaban J connectivity index is 1.58. The molecule has 0 radical (unpaired) electrons. The maximum Gasteiger partial charge on any atom is 0.335 e. The van der Waals surface area contributed by atoms with Gasteiger partial charge < -0.3 is 29.2 Å². The molecule has 3 N–H and O–H groups in total. The number of carbonyl (C=O) groups excluding carboxylic acids is 3. The van der Waals surface area contributed by atoms with Crippen molar-refractivity contribution in [3.63, 3.8) is 0 Å². The molecule has 1 heterocycles. The fourth-order valence-corrected chi connectivity index (χ4v) is 8.90. The first kappa shape index (κ1) is 27.0. The predicted octanol–water partition coefficient (Wildman–Crippen LogP) is 1.47. The van der Waals surface area contributed by atoms with Crippen LogP contribution in [-0.2, 0) is 23.9 Å². The van der Waals surface area contributed by atoms with E-state index in [2.05, 4.69) is 0 Å². The largest absolute Gasteiger partial charge is 0.460 e. The lowest BCUT2D eigenvalue weighted by Crippen LogP contribution is -2.72. The van der Waals surface area contributed by atoms with Gasteiger partial charge in [-0.1, -0.05) is 6.92 Å². The zero-order chi connectivity index (χ0) is 27.8. The van der Waals surface area contributed by atoms with Crippen LogP contribution in [0.25, 0.3) is 0 Å². The number of carbonyl (C=O) groups is 3. The van der Waals surface area contributed by atoms with Crippen LogP contribution in [0.15, 0.2) is 27.6 Å². The van der Waals surface area contributed by atoms with E-state index in [-0.39, 0.29) is 6.42 Å². The Morgan fingerprint density at radius 1 is 1.00 bits per heavy atom. The van der Waals surface area contributed by atoms with Crippen LogP contribution in [0.2, 0.25) is 0 Å². The third-order valence-corrected chi connectivity index (χ3v) is 10.5. The molecule has 208 valence electrons. The number of hydrogen-bond donors (Lipinski definition) is 3. The third-order valence-electron chi connectivity index (χ3n) is 10.5. The van der Waals surface area contributed by atoms with Gasteiger partial charge in [0.2, 0.25) is 0 Å². The zero-order valence-corrected chi connectivity index (χ0v) is 22.1. The van der Waals surface area contributed by atoms with Gasteiger partial charge in [0.25, 0.3) is 0 Å². The van der Waals surface area contributed by atoms with Crippen molar-refractivity contribution in [3.8, 4) is 0 Å². The molecule has 0 bridgehead atoms. The van der Waals surface area contributed by atoms with Crippen LogP contribution in [-0.4, -0.2) is 63.1 Å². The normalized spacial score (nSPS) is 45.9. The Labute approximate surface area is 220 Å². The molecule has 4 aliphatic carbocycles. The number of fused-ring (bicyclic) bond motifs is 5. The van der Waals surface area contributed by atoms with E-state index in [1.807, 2.05) is 6.92 Å². The van der Waals surface area contributed by atoms with Crippen molar-refractivity contribution in [2.24, 2.45) is 28.6 Å². The van der Waals surface area contributed by atoms with Crippen LogP contribution >= 0.6 is 0 Å². The molecule has 11 unspecified atom stereocenters. The Morgan fingerprint density at radius 3 is 2.26 bits per heavy atom. The highest BCUT2D eigenvalue weighted by Crippen LogP contribution is 2.69. The van der Waals surface area contributed by atoms with Crippen molar-refractivity contribution in [3.05, 3.63) is 34.4 Å². The van der Waals surface area contributed by atoms with Gasteiger partial charge >= 0.3 is 17.6 Å². The lowest BCUT2D eigenvalue weighted by molar-refractivity contribution is -0.258. The highest BCUT2D eigenvalue weighted by atomic mass is 16.6. The van der Waals surface area contributed by atoms with Gasteiger partial charge in [-0.25, -0.2) is 4.79 Å². The molecule has 38 heavy (non-hydrogen) atoms. The van der Waals surface area contributed by atoms with Gasteiger partial charge in [0.1, 0.15) is 24.4 Å². The second-order valence-corrected chi connectivity index (χ2v) is 12.2. The number of hydrogen-bond acceptors (Lipinski definition) is 10. The first-order valence-electron chi connectivity index (χ1n) is 13.3. The van der Waals surface area contributed by atoms with Crippen LogP contribution in [0, 0.1) is 28.6 Å². The summed E-state index contributed by atoms with van der Waals surface area (Å²) >= 11 is 0. The van der Waals surface area contributed by atoms with Gasteiger partial charge in [0, 0.05) is 37.7 Å². The lowest BCUT2D eigenvalue weighted by atomic mass is 9.41. The Morgan fingerprint density at radius 2 is 1.66 bits per heavy atom. The van der Waals surface area contributed by atoms with Gasteiger partial charge in [-0.15, -0.1) is 0 Å². The molecular weight excluding hydrogens is 496 g/mol. The molecule has 0 aromatic carbocycles. The van der Waals surface area contributed by atoms with Crippen LogP contribution in [0.1, 0.15) is 71.3 Å². The monoisotopic (exact) mass is 532 g/mol. The number of Topliss-reactive ketones (excluding diaryl/α,β-unsaturated/α-hetero) is 1. The molecule has 0 spiro atoms. The summed E-state index contributed by atoms with van der Waals surface area (Å²) < 4.78 is 16.1. The zero-order valence-electron chi connectivity index (χ0n) is 22.1. The Bertz CT molecular complexity index is 1190. The highest BCUT2D eigenvalue weighted by Gasteiger charge is 2.74. The topological polar surface area (TPSA) is 161 Å². The minimum atomic E-state index is -1.45. The number of ketones is 1. The molecule has 1 aromatic heterocycles. The Hall–Kier alpha value is -2.56. The molecule has 4 saturated carbocycles. The molecule has 0 amide bonds. The molecule has 0 aliphatic heterocycles. The van der Waals surface area contributed by atoms with E-state index < -0.39 is 87.9 Å². The van der Waals surface area contributed by atoms with Crippen molar-refractivity contribution in [2.75, 3.05) is 0 Å². The minimum Gasteiger partial charge on any atom is -0.460 e. The Kier molecular flexibility index (Phi) is 6.40. The van der Waals surface area contributed by atoms with Crippen molar-refractivity contribution >= 4 is 17.7 Å². The van der Waals surface area contributed by atoms with Crippen LogP contribution in [0.3, 0.4) is 0 Å². The lowest BCUT2D eigenvalue weighted by Gasteiger charge is -2.65. The molecule has 0 saturated heterocycles. The van der Waals surface area contributed by atoms with Gasteiger partial charge in [0.15, 0.2) is 5.78 Å². The van der Waals surface area contributed by atoms with Gasteiger partial charge in [-0.05, 0) is 62.0 Å². The summed E-state index contributed by atoms with van der Waals surface area (Å²) in [7, 11) is 0. The molecule has 5 rings (SSSR count). The number of ether oxygens (including phenoxy) is 2. The summed E-state index contributed by atoms with van der Waals surface area (Å²) in [6.07, 6.45) is -1.54. The van der Waals surface area contributed by atoms with Crippen molar-refractivity contribution in [1.82, 2.24) is 0 Å². The van der Waals surface area contributed by atoms with E-state index in [1.54, 1.807) is 13.0 Å². The molecule has 10 heteroatoms. The SMILES string of the molecule is CC(=O)OC1CC2(C)C(CCC3C2C(O)C(=O)C2(C)C(c4ccc(=O)oc4)CCC32O)C(OC(C)=O)C1O. The van der Waals surface area contributed by atoms with Gasteiger partial charge in [0.05, 0.1) is 17.3 Å². The third kappa shape index (κ3) is 3.63. The second kappa shape index (κ2) is 8.99. The summed E-state index contributed by atoms with van der Waals surface area (Å²) in [6.45, 7) is 6.03. The highest BCUT2D eigenvalue weighted by molar-refractivity contribution is 5.93. The number of aliphatic hydroxyl groups is 3. The molecular formula is C28H36O10. The molecule has 10 nitrogen and oxygen atoms in total.